The molecule has 2 aromatic carbocycles. The zero-order valence-corrected chi connectivity index (χ0v) is 10.8. The van der Waals surface area contributed by atoms with Gasteiger partial charge in [-0.05, 0) is 30.7 Å². The van der Waals surface area contributed by atoms with Crippen LogP contribution >= 0.6 is 0 Å². The van der Waals surface area contributed by atoms with Gasteiger partial charge in [-0.2, -0.15) is 4.98 Å². The van der Waals surface area contributed by atoms with Crippen LogP contribution in [0.4, 0.5) is 10.1 Å². The number of nitrogens with zero attached hydrogens (tertiary/aromatic N) is 2. The molecule has 0 saturated carbocycles. The largest absolute Gasteiger partial charge is 0.398 e. The molecule has 5 heteroatoms. The molecule has 0 saturated heterocycles. The van der Waals surface area contributed by atoms with Crippen molar-refractivity contribution in [2.75, 3.05) is 5.73 Å². The van der Waals surface area contributed by atoms with Gasteiger partial charge < -0.3 is 10.3 Å². The van der Waals surface area contributed by atoms with Crippen LogP contribution in [0.2, 0.25) is 0 Å². The third kappa shape index (κ3) is 2.14. The van der Waals surface area contributed by atoms with Gasteiger partial charge in [-0.1, -0.05) is 29.4 Å². The quantitative estimate of drug-likeness (QED) is 0.724. The molecule has 0 aliphatic rings. The van der Waals surface area contributed by atoms with Gasteiger partial charge in [0.05, 0.1) is 5.56 Å². The Bertz CT molecular complexity index is 767. The lowest BCUT2D eigenvalue weighted by molar-refractivity contribution is 0.432. The summed E-state index contributed by atoms with van der Waals surface area (Å²) in [5.74, 6) is 0.368. The average Bonchev–Trinajstić information content (AvgIpc) is 2.88. The predicted octanol–water partition coefficient (Wildman–Crippen LogP) is 3.43. The molecule has 0 aliphatic heterocycles. The first-order chi connectivity index (χ1) is 9.65. The van der Waals surface area contributed by atoms with E-state index in [1.54, 1.807) is 0 Å². The number of rotatable bonds is 2. The molecule has 0 fully saturated rings. The van der Waals surface area contributed by atoms with Gasteiger partial charge in [0.2, 0.25) is 5.82 Å². The summed E-state index contributed by atoms with van der Waals surface area (Å²) in [6, 6.07) is 11.8. The minimum atomic E-state index is -0.398. The number of hydrogen-bond donors (Lipinski definition) is 1. The Labute approximate surface area is 115 Å². The summed E-state index contributed by atoms with van der Waals surface area (Å²) in [6.45, 7) is 1.97. The molecular weight excluding hydrogens is 257 g/mol. The van der Waals surface area contributed by atoms with Crippen LogP contribution in [0.15, 0.2) is 47.0 Å². The number of hydrogen-bond acceptors (Lipinski definition) is 4. The van der Waals surface area contributed by atoms with Crippen LogP contribution in [0, 0.1) is 12.7 Å². The van der Waals surface area contributed by atoms with Gasteiger partial charge in [0.1, 0.15) is 5.82 Å². The van der Waals surface area contributed by atoms with Crippen LogP contribution in [-0.2, 0) is 0 Å². The van der Waals surface area contributed by atoms with Gasteiger partial charge in [-0.3, -0.25) is 0 Å². The third-order valence-corrected chi connectivity index (χ3v) is 3.06. The van der Waals surface area contributed by atoms with Crippen molar-refractivity contribution in [1.29, 1.82) is 0 Å². The van der Waals surface area contributed by atoms with Crippen LogP contribution in [0.5, 0.6) is 0 Å². The number of nitrogens with two attached hydrogens (primary N) is 1. The maximum absolute atomic E-state index is 13.0. The molecule has 0 amide bonds. The maximum atomic E-state index is 13.0. The topological polar surface area (TPSA) is 64.9 Å². The SMILES string of the molecule is Cc1ccccc1-c1noc(-c2ccc(F)cc2N)n1. The Morgan fingerprint density at radius 3 is 2.65 bits per heavy atom. The molecule has 3 aromatic rings. The lowest BCUT2D eigenvalue weighted by atomic mass is 10.1. The van der Waals surface area contributed by atoms with Crippen LogP contribution in [-0.4, -0.2) is 10.1 Å². The highest BCUT2D eigenvalue weighted by Gasteiger charge is 2.14. The molecule has 0 unspecified atom stereocenters. The van der Waals surface area contributed by atoms with Gasteiger partial charge in [-0.15, -0.1) is 0 Å². The molecule has 0 radical (unpaired) electrons. The lowest BCUT2D eigenvalue weighted by Gasteiger charge is -2.00. The van der Waals surface area contributed by atoms with Crippen molar-refractivity contribution in [1.82, 2.24) is 10.1 Å². The number of anilines is 1. The number of aromatic nitrogens is 2. The first-order valence-electron chi connectivity index (χ1n) is 6.10. The molecule has 20 heavy (non-hydrogen) atoms. The van der Waals surface area contributed by atoms with E-state index >= 15 is 0 Å². The third-order valence-electron chi connectivity index (χ3n) is 3.06. The molecule has 0 bridgehead atoms. The van der Waals surface area contributed by atoms with Crippen LogP contribution in [0.25, 0.3) is 22.8 Å². The van der Waals surface area contributed by atoms with Gasteiger partial charge in [0.15, 0.2) is 0 Å². The summed E-state index contributed by atoms with van der Waals surface area (Å²) in [5, 5.41) is 3.95. The number of halogens is 1. The summed E-state index contributed by atoms with van der Waals surface area (Å²) in [6.07, 6.45) is 0. The van der Waals surface area contributed by atoms with Crippen molar-refractivity contribution in [3.63, 3.8) is 0 Å². The standard InChI is InChI=1S/C15H12FN3O/c1-9-4-2-3-5-11(9)14-18-15(20-19-14)12-7-6-10(16)8-13(12)17/h2-8H,17H2,1H3. The highest BCUT2D eigenvalue weighted by molar-refractivity contribution is 5.71. The molecule has 1 heterocycles. The van der Waals surface area contributed by atoms with Crippen molar-refractivity contribution in [3.05, 3.63) is 53.8 Å². The van der Waals surface area contributed by atoms with Crippen molar-refractivity contribution >= 4 is 5.69 Å². The Morgan fingerprint density at radius 1 is 1.10 bits per heavy atom. The van der Waals surface area contributed by atoms with Crippen molar-refractivity contribution in [2.24, 2.45) is 0 Å². The second-order valence-electron chi connectivity index (χ2n) is 4.47. The first kappa shape index (κ1) is 12.3. The summed E-state index contributed by atoms with van der Waals surface area (Å²) < 4.78 is 18.3. The second-order valence-corrected chi connectivity index (χ2v) is 4.47. The molecule has 3 rings (SSSR count). The van der Waals surface area contributed by atoms with E-state index in [-0.39, 0.29) is 11.6 Å². The highest BCUT2D eigenvalue weighted by atomic mass is 19.1. The molecule has 2 N–H and O–H groups in total. The first-order valence-corrected chi connectivity index (χ1v) is 6.10. The van der Waals surface area contributed by atoms with E-state index in [1.807, 2.05) is 31.2 Å². The fourth-order valence-electron chi connectivity index (χ4n) is 1.99. The van der Waals surface area contributed by atoms with Gasteiger partial charge in [0.25, 0.3) is 5.89 Å². The Balaban J connectivity index is 2.04. The normalized spacial score (nSPS) is 10.7. The van der Waals surface area contributed by atoms with Gasteiger partial charge in [-0.25, -0.2) is 4.39 Å². The Kier molecular flexibility index (Phi) is 2.95. The van der Waals surface area contributed by atoms with E-state index < -0.39 is 5.82 Å². The number of benzene rings is 2. The van der Waals surface area contributed by atoms with Crippen LogP contribution < -0.4 is 5.73 Å². The lowest BCUT2D eigenvalue weighted by Crippen LogP contribution is -1.91. The molecule has 4 nitrogen and oxygen atoms in total. The van der Waals surface area contributed by atoms with Crippen molar-refractivity contribution in [3.8, 4) is 22.8 Å². The van der Waals surface area contributed by atoms with E-state index in [0.717, 1.165) is 11.1 Å². The van der Waals surface area contributed by atoms with Crippen LogP contribution in [0.1, 0.15) is 5.56 Å². The maximum Gasteiger partial charge on any atom is 0.260 e. The van der Waals surface area contributed by atoms with E-state index in [9.17, 15) is 4.39 Å². The van der Waals surface area contributed by atoms with E-state index in [1.165, 1.54) is 18.2 Å². The zero-order valence-electron chi connectivity index (χ0n) is 10.8. The summed E-state index contributed by atoms with van der Waals surface area (Å²) in [4.78, 5) is 4.32. The fourth-order valence-corrected chi connectivity index (χ4v) is 1.99. The highest BCUT2D eigenvalue weighted by Crippen LogP contribution is 2.28. The predicted molar refractivity (Wildman–Crippen MR) is 74.3 cm³/mol. The van der Waals surface area contributed by atoms with E-state index in [4.69, 9.17) is 10.3 Å². The molecule has 0 spiro atoms. The van der Waals surface area contributed by atoms with E-state index in [2.05, 4.69) is 10.1 Å². The molecule has 0 atom stereocenters. The zero-order chi connectivity index (χ0) is 14.1. The monoisotopic (exact) mass is 269 g/mol. The molecule has 100 valence electrons. The van der Waals surface area contributed by atoms with Gasteiger partial charge >= 0.3 is 0 Å². The summed E-state index contributed by atoms with van der Waals surface area (Å²) >= 11 is 0. The Morgan fingerprint density at radius 2 is 1.90 bits per heavy atom. The van der Waals surface area contributed by atoms with Crippen molar-refractivity contribution < 1.29 is 8.91 Å². The average molecular weight is 269 g/mol. The van der Waals surface area contributed by atoms with Crippen molar-refractivity contribution in [2.45, 2.75) is 6.92 Å². The number of aryl methyl sites for hydroxylation is 1. The smallest absolute Gasteiger partial charge is 0.260 e. The summed E-state index contributed by atoms with van der Waals surface area (Å²) in [5.41, 5.74) is 8.50. The number of nitrogen functional groups attached to an aromatic ring is 1. The van der Waals surface area contributed by atoms with E-state index in [0.29, 0.717) is 11.4 Å². The fraction of sp³-hybridized carbons (Fsp3) is 0.0667. The Hall–Kier alpha value is -2.69. The molecule has 1 aromatic heterocycles. The minimum absolute atomic E-state index is 0.269. The minimum Gasteiger partial charge on any atom is -0.398 e. The molecule has 0 aliphatic carbocycles. The summed E-state index contributed by atoms with van der Waals surface area (Å²) in [7, 11) is 0. The molecular formula is C15H12FN3O. The van der Waals surface area contributed by atoms with Gasteiger partial charge in [0, 0.05) is 11.3 Å². The van der Waals surface area contributed by atoms with Crippen LogP contribution in [0.3, 0.4) is 0 Å². The second kappa shape index (κ2) is 4.77.